The van der Waals surface area contributed by atoms with Crippen molar-refractivity contribution in [2.24, 2.45) is 11.3 Å². The summed E-state index contributed by atoms with van der Waals surface area (Å²) >= 11 is 1.59. The van der Waals surface area contributed by atoms with Gasteiger partial charge in [-0.05, 0) is 41.5 Å². The Morgan fingerprint density at radius 2 is 1.82 bits per heavy atom. The first-order valence-electron chi connectivity index (χ1n) is 10.4. The van der Waals surface area contributed by atoms with E-state index in [0.29, 0.717) is 11.3 Å². The van der Waals surface area contributed by atoms with Gasteiger partial charge >= 0.3 is 12.1 Å². The second-order valence-corrected chi connectivity index (χ2v) is 10.2. The Labute approximate surface area is 194 Å². The number of hydrogen-bond acceptors (Lipinski definition) is 4. The molecule has 0 saturated carbocycles. The number of benzene rings is 1. The van der Waals surface area contributed by atoms with Crippen LogP contribution in [0.15, 0.2) is 58.7 Å². The van der Waals surface area contributed by atoms with E-state index in [1.165, 1.54) is 12.1 Å². The number of alkyl halides is 3. The van der Waals surface area contributed by atoms with E-state index in [1.54, 1.807) is 38.6 Å². The van der Waals surface area contributed by atoms with Crippen LogP contribution in [-0.4, -0.2) is 28.3 Å². The number of hydrogen-bond donors (Lipinski definition) is 2. The fourth-order valence-corrected chi connectivity index (χ4v) is 4.90. The van der Waals surface area contributed by atoms with E-state index < -0.39 is 35.1 Å². The molecule has 1 amide bonds. The number of rotatable bonds is 6. The lowest BCUT2D eigenvalue weighted by Crippen LogP contribution is -2.49. The summed E-state index contributed by atoms with van der Waals surface area (Å²) in [6.07, 6.45) is -0.917. The second kappa shape index (κ2) is 9.29. The molecule has 1 aromatic carbocycles. The molecule has 1 aliphatic carbocycles. The van der Waals surface area contributed by atoms with Crippen LogP contribution in [0.5, 0.6) is 0 Å². The lowest BCUT2D eigenvalue weighted by Gasteiger charge is -2.30. The lowest BCUT2D eigenvalue weighted by atomic mass is 9.85. The van der Waals surface area contributed by atoms with Crippen LogP contribution in [0.25, 0.3) is 0 Å². The summed E-state index contributed by atoms with van der Waals surface area (Å²) in [5.74, 6) is -1.54. The van der Waals surface area contributed by atoms with Crippen molar-refractivity contribution in [1.82, 2.24) is 5.32 Å². The summed E-state index contributed by atoms with van der Waals surface area (Å²) in [5, 5.41) is 14.2. The number of amides is 1. The van der Waals surface area contributed by atoms with Gasteiger partial charge < -0.3 is 15.2 Å². The Morgan fingerprint density at radius 3 is 2.36 bits per heavy atom. The number of carbonyl (C=O) groups excluding carboxylic acids is 1. The summed E-state index contributed by atoms with van der Waals surface area (Å²) in [5.41, 5.74) is 0.260. The normalized spacial score (nSPS) is 21.4. The van der Waals surface area contributed by atoms with Crippen molar-refractivity contribution in [2.45, 2.75) is 51.8 Å². The van der Waals surface area contributed by atoms with Gasteiger partial charge in [0.1, 0.15) is 18.4 Å². The zero-order chi connectivity index (χ0) is 24.6. The standard InChI is InChI=1S/C24H26F3NO4S/c1-13-12-33-17-10-9-16(21(29)28-20(22(30)31)23(2,3)4)19(18(13)17)32-11-14-5-7-15(8-6-14)24(25,26)27/h5-10,12,17-18,20H,11H2,1-4H3,(H,28,29)(H,30,31). The average molecular weight is 482 g/mol. The van der Waals surface area contributed by atoms with Gasteiger partial charge in [0.15, 0.2) is 0 Å². The molecule has 1 heterocycles. The van der Waals surface area contributed by atoms with E-state index in [4.69, 9.17) is 4.74 Å². The molecule has 0 fully saturated rings. The van der Waals surface area contributed by atoms with Crippen LogP contribution in [-0.2, 0) is 27.1 Å². The van der Waals surface area contributed by atoms with E-state index in [-0.39, 0.29) is 23.3 Å². The number of fused-ring (bicyclic) bond motifs is 1. The van der Waals surface area contributed by atoms with Crippen LogP contribution in [0, 0.1) is 11.3 Å². The van der Waals surface area contributed by atoms with Crippen molar-refractivity contribution in [2.75, 3.05) is 0 Å². The number of thioether (sulfide) groups is 1. The highest BCUT2D eigenvalue weighted by molar-refractivity contribution is 8.03. The number of halogens is 3. The highest BCUT2D eigenvalue weighted by Crippen LogP contribution is 2.45. The smallest absolute Gasteiger partial charge is 0.416 e. The minimum absolute atomic E-state index is 0.0269. The van der Waals surface area contributed by atoms with E-state index in [0.717, 1.165) is 17.7 Å². The number of aliphatic carboxylic acids is 1. The third-order valence-corrected chi connectivity index (χ3v) is 6.79. The van der Waals surface area contributed by atoms with Crippen molar-refractivity contribution < 1.29 is 32.6 Å². The topological polar surface area (TPSA) is 75.6 Å². The summed E-state index contributed by atoms with van der Waals surface area (Å²) in [4.78, 5) is 24.8. The predicted octanol–water partition coefficient (Wildman–Crippen LogP) is 5.30. The van der Waals surface area contributed by atoms with Crippen molar-refractivity contribution in [1.29, 1.82) is 0 Å². The molecule has 178 valence electrons. The fraction of sp³-hybridized carbons (Fsp3) is 0.417. The van der Waals surface area contributed by atoms with Crippen LogP contribution in [0.3, 0.4) is 0 Å². The fourth-order valence-electron chi connectivity index (χ4n) is 3.71. The van der Waals surface area contributed by atoms with Gasteiger partial charge in [-0.1, -0.05) is 44.6 Å². The third kappa shape index (κ3) is 5.63. The van der Waals surface area contributed by atoms with Gasteiger partial charge in [0.2, 0.25) is 0 Å². The Kier molecular flexibility index (Phi) is 7.02. The van der Waals surface area contributed by atoms with Crippen LogP contribution in [0.1, 0.15) is 38.8 Å². The average Bonchev–Trinajstić information content (AvgIpc) is 3.09. The maximum absolute atomic E-state index is 13.1. The molecular formula is C24H26F3NO4S. The molecule has 0 aromatic heterocycles. The van der Waals surface area contributed by atoms with E-state index >= 15 is 0 Å². The molecule has 33 heavy (non-hydrogen) atoms. The lowest BCUT2D eigenvalue weighted by molar-refractivity contribution is -0.144. The summed E-state index contributed by atoms with van der Waals surface area (Å²) < 4.78 is 44.5. The quantitative estimate of drug-likeness (QED) is 0.577. The summed E-state index contributed by atoms with van der Waals surface area (Å²) in [6, 6.07) is 3.54. The first-order valence-corrected chi connectivity index (χ1v) is 11.3. The molecule has 9 heteroatoms. The van der Waals surface area contributed by atoms with Crippen LogP contribution in [0.4, 0.5) is 13.2 Å². The predicted molar refractivity (Wildman–Crippen MR) is 120 cm³/mol. The number of carbonyl (C=O) groups is 2. The van der Waals surface area contributed by atoms with Gasteiger partial charge in [0.25, 0.3) is 5.91 Å². The molecule has 2 aliphatic rings. The zero-order valence-electron chi connectivity index (χ0n) is 18.7. The molecule has 0 radical (unpaired) electrons. The monoisotopic (exact) mass is 481 g/mol. The third-order valence-electron chi connectivity index (χ3n) is 5.54. The number of carboxylic acid groups (broad SMARTS) is 1. The highest BCUT2D eigenvalue weighted by Gasteiger charge is 2.39. The van der Waals surface area contributed by atoms with Crippen molar-refractivity contribution >= 4 is 23.6 Å². The minimum Gasteiger partial charge on any atom is -0.492 e. The number of allylic oxidation sites excluding steroid dienone is 1. The number of carboxylic acids is 1. The van der Waals surface area contributed by atoms with Gasteiger partial charge in [-0.3, -0.25) is 4.79 Å². The first kappa shape index (κ1) is 25.0. The molecule has 0 spiro atoms. The summed E-state index contributed by atoms with van der Waals surface area (Å²) in [7, 11) is 0. The SMILES string of the molecule is CC1=CSC2C=CC(C(=O)NC(C(=O)O)C(C)(C)C)=C(OCc3ccc(C(F)(F)F)cc3)C12. The molecule has 5 nitrogen and oxygen atoms in total. The van der Waals surface area contributed by atoms with Gasteiger partial charge in [-0.15, -0.1) is 11.8 Å². The largest absolute Gasteiger partial charge is 0.492 e. The maximum Gasteiger partial charge on any atom is 0.416 e. The van der Waals surface area contributed by atoms with Crippen molar-refractivity contribution in [3.8, 4) is 0 Å². The molecule has 3 rings (SSSR count). The van der Waals surface area contributed by atoms with E-state index in [2.05, 4.69) is 5.32 Å². The molecule has 0 bridgehead atoms. The Bertz CT molecular complexity index is 1020. The second-order valence-electron chi connectivity index (χ2n) is 9.17. The molecule has 1 aliphatic heterocycles. The molecular weight excluding hydrogens is 455 g/mol. The summed E-state index contributed by atoms with van der Waals surface area (Å²) in [6.45, 7) is 7.05. The first-order chi connectivity index (χ1) is 15.3. The zero-order valence-corrected chi connectivity index (χ0v) is 19.5. The van der Waals surface area contributed by atoms with Gasteiger partial charge in [-0.2, -0.15) is 13.2 Å². The Hall–Kier alpha value is -2.68. The maximum atomic E-state index is 13.1. The van der Waals surface area contributed by atoms with Crippen LogP contribution < -0.4 is 5.32 Å². The Balaban J connectivity index is 1.88. The highest BCUT2D eigenvalue weighted by atomic mass is 32.2. The molecule has 3 unspecified atom stereocenters. The van der Waals surface area contributed by atoms with Crippen LogP contribution >= 0.6 is 11.8 Å². The van der Waals surface area contributed by atoms with E-state index in [1.807, 2.05) is 18.4 Å². The molecule has 2 N–H and O–H groups in total. The molecule has 1 aromatic rings. The molecule has 0 saturated heterocycles. The van der Waals surface area contributed by atoms with Crippen molar-refractivity contribution in [3.63, 3.8) is 0 Å². The Morgan fingerprint density at radius 1 is 1.18 bits per heavy atom. The van der Waals surface area contributed by atoms with Gasteiger partial charge in [-0.25, -0.2) is 4.79 Å². The molecule has 3 atom stereocenters. The van der Waals surface area contributed by atoms with E-state index in [9.17, 15) is 27.9 Å². The van der Waals surface area contributed by atoms with Gasteiger partial charge in [0, 0.05) is 5.25 Å². The van der Waals surface area contributed by atoms with Gasteiger partial charge in [0.05, 0.1) is 17.1 Å². The van der Waals surface area contributed by atoms with Crippen LogP contribution in [0.2, 0.25) is 0 Å². The minimum atomic E-state index is -4.43. The van der Waals surface area contributed by atoms with Crippen molar-refractivity contribution in [3.05, 3.63) is 69.9 Å². The number of nitrogens with one attached hydrogen (secondary N) is 1. The number of ether oxygens (including phenoxy) is 1.